The molecule has 8 heteroatoms. The van der Waals surface area contributed by atoms with Crippen LogP contribution in [0.5, 0.6) is 5.75 Å². The molecule has 0 bridgehead atoms. The maximum Gasteiger partial charge on any atom is 0.289 e. The van der Waals surface area contributed by atoms with Gasteiger partial charge in [-0.25, -0.2) is 4.98 Å². The molecule has 3 heterocycles. The van der Waals surface area contributed by atoms with Gasteiger partial charge < -0.3 is 19.0 Å². The number of aromatic nitrogens is 3. The summed E-state index contributed by atoms with van der Waals surface area (Å²) in [6.45, 7) is 3.77. The summed E-state index contributed by atoms with van der Waals surface area (Å²) >= 11 is 0. The second-order valence-electron chi connectivity index (χ2n) is 5.47. The van der Waals surface area contributed by atoms with E-state index in [1.165, 1.54) is 6.20 Å². The van der Waals surface area contributed by atoms with Gasteiger partial charge in [0, 0.05) is 25.0 Å². The van der Waals surface area contributed by atoms with Crippen molar-refractivity contribution < 1.29 is 18.5 Å². The van der Waals surface area contributed by atoms with Crippen LogP contribution in [0.3, 0.4) is 0 Å². The molecule has 1 amide bonds. The van der Waals surface area contributed by atoms with Crippen LogP contribution in [-0.4, -0.2) is 27.6 Å². The van der Waals surface area contributed by atoms with Crippen molar-refractivity contribution in [3.63, 3.8) is 0 Å². The van der Waals surface area contributed by atoms with Crippen LogP contribution in [0.15, 0.2) is 33.3 Å². The standard InChI is InChI=1S/C16H14N4O4/c1-8-17-6-14(23-8)16(21)19-12-7-22-13-5-10(3-4-11(12)13)15-18-9(2)24-20-15/h3-6,12H,7H2,1-2H3,(H,19,21)/t12-/m1/s1. The van der Waals surface area contributed by atoms with Crippen molar-refractivity contribution in [2.75, 3.05) is 6.61 Å². The van der Waals surface area contributed by atoms with Crippen molar-refractivity contribution in [3.05, 3.63) is 47.5 Å². The van der Waals surface area contributed by atoms with Crippen molar-refractivity contribution in [3.8, 4) is 17.1 Å². The number of hydrogen-bond donors (Lipinski definition) is 1. The zero-order chi connectivity index (χ0) is 16.7. The highest BCUT2D eigenvalue weighted by Gasteiger charge is 2.27. The van der Waals surface area contributed by atoms with Crippen molar-refractivity contribution >= 4 is 5.91 Å². The van der Waals surface area contributed by atoms with Crippen LogP contribution >= 0.6 is 0 Å². The van der Waals surface area contributed by atoms with E-state index in [-0.39, 0.29) is 17.7 Å². The van der Waals surface area contributed by atoms with E-state index in [2.05, 4.69) is 20.4 Å². The fourth-order valence-corrected chi connectivity index (χ4v) is 2.58. The molecular formula is C16H14N4O4. The first-order valence-electron chi connectivity index (χ1n) is 7.41. The quantitative estimate of drug-likeness (QED) is 0.787. The largest absolute Gasteiger partial charge is 0.491 e. The lowest BCUT2D eigenvalue weighted by Crippen LogP contribution is -2.29. The fourth-order valence-electron chi connectivity index (χ4n) is 2.58. The summed E-state index contributed by atoms with van der Waals surface area (Å²) in [5.74, 6) is 1.99. The SMILES string of the molecule is Cc1nc(-c2ccc3c(c2)OC[C@H]3NC(=O)c2cnc(C)o2)no1. The molecule has 1 aromatic carbocycles. The highest BCUT2D eigenvalue weighted by Crippen LogP contribution is 2.35. The third kappa shape index (κ3) is 2.51. The van der Waals surface area contributed by atoms with Crippen molar-refractivity contribution in [2.24, 2.45) is 0 Å². The molecule has 0 saturated carbocycles. The average Bonchev–Trinajstić information content (AvgIpc) is 3.28. The first-order valence-corrected chi connectivity index (χ1v) is 7.41. The number of benzene rings is 1. The number of rotatable bonds is 3. The first-order chi connectivity index (χ1) is 11.6. The highest BCUT2D eigenvalue weighted by molar-refractivity contribution is 5.91. The van der Waals surface area contributed by atoms with Gasteiger partial charge in [-0.15, -0.1) is 0 Å². The predicted octanol–water partition coefficient (Wildman–Crippen LogP) is 2.20. The van der Waals surface area contributed by atoms with Gasteiger partial charge in [0.1, 0.15) is 12.4 Å². The molecule has 8 nitrogen and oxygen atoms in total. The molecular weight excluding hydrogens is 312 g/mol. The zero-order valence-electron chi connectivity index (χ0n) is 13.1. The number of carbonyl (C=O) groups excluding carboxylic acids is 1. The minimum atomic E-state index is -0.324. The van der Waals surface area contributed by atoms with Crippen LogP contribution in [0.2, 0.25) is 0 Å². The van der Waals surface area contributed by atoms with Gasteiger partial charge in [-0.1, -0.05) is 17.3 Å². The number of fused-ring (bicyclic) bond motifs is 1. The Morgan fingerprint density at radius 1 is 1.29 bits per heavy atom. The van der Waals surface area contributed by atoms with Crippen LogP contribution in [0, 0.1) is 13.8 Å². The summed E-state index contributed by atoms with van der Waals surface area (Å²) in [4.78, 5) is 20.3. The molecule has 1 atom stereocenters. The minimum absolute atomic E-state index is 0.180. The monoisotopic (exact) mass is 326 g/mol. The highest BCUT2D eigenvalue weighted by atomic mass is 16.5. The Morgan fingerprint density at radius 2 is 2.17 bits per heavy atom. The summed E-state index contributed by atoms with van der Waals surface area (Å²) in [6, 6.07) is 5.35. The molecule has 0 fully saturated rings. The minimum Gasteiger partial charge on any atom is -0.491 e. The molecule has 3 aromatic rings. The lowest BCUT2D eigenvalue weighted by molar-refractivity contribution is 0.0901. The Bertz CT molecular complexity index is 914. The molecule has 2 aromatic heterocycles. The second kappa shape index (κ2) is 5.48. The van der Waals surface area contributed by atoms with E-state index in [9.17, 15) is 4.79 Å². The van der Waals surface area contributed by atoms with E-state index >= 15 is 0 Å². The molecule has 0 aliphatic carbocycles. The number of aryl methyl sites for hydroxylation is 2. The van der Waals surface area contributed by atoms with E-state index in [1.807, 2.05) is 18.2 Å². The molecule has 1 aliphatic heterocycles. The van der Waals surface area contributed by atoms with E-state index in [4.69, 9.17) is 13.7 Å². The Balaban J connectivity index is 1.55. The summed E-state index contributed by atoms with van der Waals surface area (Å²) in [5.41, 5.74) is 1.69. The molecule has 24 heavy (non-hydrogen) atoms. The summed E-state index contributed by atoms with van der Waals surface area (Å²) < 4.78 is 15.9. The van der Waals surface area contributed by atoms with Crippen molar-refractivity contribution in [2.45, 2.75) is 19.9 Å². The molecule has 4 rings (SSSR count). The maximum absolute atomic E-state index is 12.2. The van der Waals surface area contributed by atoms with Crippen LogP contribution in [0.4, 0.5) is 0 Å². The average molecular weight is 326 g/mol. The Morgan fingerprint density at radius 3 is 2.88 bits per heavy atom. The Hall–Kier alpha value is -3.16. The van der Waals surface area contributed by atoms with Gasteiger partial charge in [-0.3, -0.25) is 4.79 Å². The third-order valence-electron chi connectivity index (χ3n) is 3.73. The van der Waals surface area contributed by atoms with E-state index < -0.39 is 0 Å². The maximum atomic E-state index is 12.2. The van der Waals surface area contributed by atoms with Crippen LogP contribution < -0.4 is 10.1 Å². The summed E-state index contributed by atoms with van der Waals surface area (Å²) in [5, 5.41) is 6.77. The summed E-state index contributed by atoms with van der Waals surface area (Å²) in [6.07, 6.45) is 1.41. The number of hydrogen-bond acceptors (Lipinski definition) is 7. The normalized spacial score (nSPS) is 15.8. The lowest BCUT2D eigenvalue weighted by Gasteiger charge is -2.10. The van der Waals surface area contributed by atoms with Crippen molar-refractivity contribution in [1.82, 2.24) is 20.4 Å². The van der Waals surface area contributed by atoms with E-state index in [0.717, 1.165) is 11.1 Å². The molecule has 1 N–H and O–H groups in total. The van der Waals surface area contributed by atoms with Gasteiger partial charge in [-0.2, -0.15) is 4.98 Å². The summed E-state index contributed by atoms with van der Waals surface area (Å²) in [7, 11) is 0. The molecule has 0 spiro atoms. The number of oxazole rings is 1. The van der Waals surface area contributed by atoms with Crippen LogP contribution in [-0.2, 0) is 0 Å². The van der Waals surface area contributed by atoms with Gasteiger partial charge in [0.25, 0.3) is 5.91 Å². The number of nitrogens with one attached hydrogen (secondary N) is 1. The third-order valence-corrected chi connectivity index (χ3v) is 3.73. The van der Waals surface area contributed by atoms with Crippen LogP contribution in [0.25, 0.3) is 11.4 Å². The molecule has 1 aliphatic rings. The second-order valence-corrected chi connectivity index (χ2v) is 5.47. The van der Waals surface area contributed by atoms with E-state index in [0.29, 0.717) is 30.0 Å². The van der Waals surface area contributed by atoms with Gasteiger partial charge in [0.05, 0.1) is 12.2 Å². The molecule has 0 saturated heterocycles. The predicted molar refractivity (Wildman–Crippen MR) is 81.4 cm³/mol. The topological polar surface area (TPSA) is 103 Å². The number of nitrogens with zero attached hydrogens (tertiary/aromatic N) is 3. The number of carbonyl (C=O) groups is 1. The van der Waals surface area contributed by atoms with Gasteiger partial charge in [0.2, 0.25) is 17.5 Å². The van der Waals surface area contributed by atoms with Crippen molar-refractivity contribution in [1.29, 1.82) is 0 Å². The Labute approximate surface area is 136 Å². The van der Waals surface area contributed by atoms with Crippen LogP contribution in [0.1, 0.15) is 33.9 Å². The smallest absolute Gasteiger partial charge is 0.289 e. The molecule has 0 radical (unpaired) electrons. The lowest BCUT2D eigenvalue weighted by atomic mass is 10.1. The molecule has 122 valence electrons. The van der Waals surface area contributed by atoms with Gasteiger partial charge in [0.15, 0.2) is 5.89 Å². The first kappa shape index (κ1) is 14.4. The van der Waals surface area contributed by atoms with E-state index in [1.54, 1.807) is 13.8 Å². The number of amides is 1. The Kier molecular flexibility index (Phi) is 3.30. The number of ether oxygens (including phenoxy) is 1. The zero-order valence-corrected chi connectivity index (χ0v) is 13.1. The van der Waals surface area contributed by atoms with Gasteiger partial charge >= 0.3 is 0 Å². The van der Waals surface area contributed by atoms with Gasteiger partial charge in [-0.05, 0) is 6.07 Å². The fraction of sp³-hybridized carbons (Fsp3) is 0.250. The molecule has 0 unspecified atom stereocenters.